The Bertz CT molecular complexity index is 226. The summed E-state index contributed by atoms with van der Waals surface area (Å²) in [4.78, 5) is 1.59. The van der Waals surface area contributed by atoms with Crippen LogP contribution in [0.4, 0.5) is 0 Å². The summed E-state index contributed by atoms with van der Waals surface area (Å²) in [6, 6.07) is 0. The maximum atomic E-state index is 9.37. The van der Waals surface area contributed by atoms with Crippen LogP contribution in [0.25, 0.3) is 0 Å². The highest BCUT2D eigenvalue weighted by atomic mass is 16.5. The molecule has 3 nitrogen and oxygen atoms in total. The van der Waals surface area contributed by atoms with E-state index in [1.807, 2.05) is 0 Å². The maximum absolute atomic E-state index is 9.37. The first-order valence-electron chi connectivity index (χ1n) is 9.64. The van der Waals surface area contributed by atoms with Crippen molar-refractivity contribution in [1.29, 1.82) is 0 Å². The van der Waals surface area contributed by atoms with Crippen molar-refractivity contribution in [3.63, 3.8) is 0 Å². The summed E-state index contributed by atoms with van der Waals surface area (Å²) in [6.45, 7) is 4.44. The Hall–Kier alpha value is -0.120. The largest absolute Gasteiger partial charge is 0.353 e. The first-order valence-corrected chi connectivity index (χ1v) is 9.64. The van der Waals surface area contributed by atoms with Gasteiger partial charge in [0.15, 0.2) is 0 Å². The van der Waals surface area contributed by atoms with E-state index >= 15 is 0 Å². The van der Waals surface area contributed by atoms with Crippen LogP contribution in [0.15, 0.2) is 0 Å². The van der Waals surface area contributed by atoms with Gasteiger partial charge in [-0.25, -0.2) is 0 Å². The smallest absolute Gasteiger partial charge is 0.221 e. The first kappa shape index (κ1) is 21.9. The van der Waals surface area contributed by atoms with Gasteiger partial charge in [-0.1, -0.05) is 90.4 Å². The van der Waals surface area contributed by atoms with Crippen LogP contribution in [0.3, 0.4) is 0 Å². The minimum absolute atomic E-state index is 0.752. The number of unbranched alkanes of at least 4 members (excludes halogenated alkanes) is 13. The van der Waals surface area contributed by atoms with E-state index in [9.17, 15) is 10.2 Å². The van der Waals surface area contributed by atoms with Gasteiger partial charge < -0.3 is 10.2 Å². The standard InChI is InChI=1S/C19H41NO2/c1-4-5-6-7-8-9-10-11-12-13-14-15-16-17-18-20(3)19(2,21)22/h21-22H,4-18H2,1-3H3. The molecule has 0 radical (unpaired) electrons. The average molecular weight is 316 g/mol. The van der Waals surface area contributed by atoms with Crippen LogP contribution in [0, 0.1) is 0 Å². The van der Waals surface area contributed by atoms with E-state index in [1.54, 1.807) is 11.9 Å². The molecule has 2 N–H and O–H groups in total. The summed E-state index contributed by atoms with van der Waals surface area (Å²) in [5.41, 5.74) is 0. The third-order valence-corrected chi connectivity index (χ3v) is 4.57. The van der Waals surface area contributed by atoms with Crippen LogP contribution in [0.2, 0.25) is 0 Å². The molecule has 0 amide bonds. The molecule has 0 heterocycles. The Morgan fingerprint density at radius 3 is 1.27 bits per heavy atom. The van der Waals surface area contributed by atoms with E-state index in [4.69, 9.17) is 0 Å². The van der Waals surface area contributed by atoms with Gasteiger partial charge in [0, 0.05) is 13.5 Å². The van der Waals surface area contributed by atoms with Gasteiger partial charge in [-0.05, 0) is 13.5 Å². The van der Waals surface area contributed by atoms with E-state index in [2.05, 4.69) is 6.92 Å². The molecule has 3 heteroatoms. The van der Waals surface area contributed by atoms with Crippen molar-refractivity contribution in [3.8, 4) is 0 Å². The minimum Gasteiger partial charge on any atom is -0.353 e. The summed E-state index contributed by atoms with van der Waals surface area (Å²) in [5, 5.41) is 18.7. The molecule has 0 rings (SSSR count). The fraction of sp³-hybridized carbons (Fsp3) is 1.00. The predicted octanol–water partition coefficient (Wildman–Crippen LogP) is 5.06. The Kier molecular flexibility index (Phi) is 14.4. The summed E-state index contributed by atoms with van der Waals surface area (Å²) in [5.74, 6) is -1.67. The van der Waals surface area contributed by atoms with Gasteiger partial charge in [-0.2, -0.15) is 0 Å². The molecule has 0 aromatic carbocycles. The molecule has 0 bridgehead atoms. The zero-order valence-corrected chi connectivity index (χ0v) is 15.4. The summed E-state index contributed by atoms with van der Waals surface area (Å²) in [6.07, 6.45) is 18.9. The Morgan fingerprint density at radius 1 is 0.636 bits per heavy atom. The molecule has 134 valence electrons. The normalized spacial score (nSPS) is 12.3. The zero-order valence-electron chi connectivity index (χ0n) is 15.4. The predicted molar refractivity (Wildman–Crippen MR) is 95.8 cm³/mol. The third-order valence-electron chi connectivity index (χ3n) is 4.57. The molecular weight excluding hydrogens is 274 g/mol. The number of rotatable bonds is 16. The summed E-state index contributed by atoms with van der Waals surface area (Å²) in [7, 11) is 1.75. The molecule has 0 aromatic rings. The quantitative estimate of drug-likeness (QED) is 0.309. The van der Waals surface area contributed by atoms with Crippen LogP contribution in [-0.4, -0.2) is 34.6 Å². The van der Waals surface area contributed by atoms with E-state index < -0.39 is 5.91 Å². The van der Waals surface area contributed by atoms with Crippen molar-refractivity contribution in [2.24, 2.45) is 0 Å². The van der Waals surface area contributed by atoms with Crippen molar-refractivity contribution in [2.75, 3.05) is 13.6 Å². The monoisotopic (exact) mass is 315 g/mol. The van der Waals surface area contributed by atoms with E-state index in [0.717, 1.165) is 13.0 Å². The van der Waals surface area contributed by atoms with Gasteiger partial charge in [0.2, 0.25) is 5.91 Å². The molecule has 0 aliphatic rings. The number of aliphatic hydroxyl groups is 2. The lowest BCUT2D eigenvalue weighted by Gasteiger charge is -2.28. The van der Waals surface area contributed by atoms with Gasteiger partial charge >= 0.3 is 0 Å². The second-order valence-corrected chi connectivity index (χ2v) is 6.99. The van der Waals surface area contributed by atoms with Crippen molar-refractivity contribution in [2.45, 2.75) is 110 Å². The van der Waals surface area contributed by atoms with Gasteiger partial charge in [-0.15, -0.1) is 0 Å². The van der Waals surface area contributed by atoms with Crippen LogP contribution >= 0.6 is 0 Å². The van der Waals surface area contributed by atoms with E-state index in [1.165, 1.54) is 90.4 Å². The molecule has 0 saturated carbocycles. The van der Waals surface area contributed by atoms with Crippen molar-refractivity contribution < 1.29 is 10.2 Å². The van der Waals surface area contributed by atoms with Crippen molar-refractivity contribution >= 4 is 0 Å². The van der Waals surface area contributed by atoms with Gasteiger partial charge in [0.25, 0.3) is 0 Å². The number of nitrogens with zero attached hydrogens (tertiary/aromatic N) is 1. The van der Waals surface area contributed by atoms with E-state index in [0.29, 0.717) is 0 Å². The average Bonchev–Trinajstić information content (AvgIpc) is 2.46. The fourth-order valence-electron chi connectivity index (χ4n) is 2.76. The SMILES string of the molecule is CCCCCCCCCCCCCCCCN(C)C(C)(O)O. The number of hydrogen-bond donors (Lipinski definition) is 2. The molecule has 0 fully saturated rings. The van der Waals surface area contributed by atoms with E-state index in [-0.39, 0.29) is 0 Å². The molecule has 22 heavy (non-hydrogen) atoms. The molecule has 0 aliphatic heterocycles. The summed E-state index contributed by atoms with van der Waals surface area (Å²) >= 11 is 0. The third kappa shape index (κ3) is 14.8. The van der Waals surface area contributed by atoms with Crippen LogP contribution in [0.1, 0.15) is 104 Å². The molecule has 0 saturated heterocycles. The van der Waals surface area contributed by atoms with Crippen molar-refractivity contribution in [1.82, 2.24) is 4.90 Å². The van der Waals surface area contributed by atoms with Gasteiger partial charge in [0.1, 0.15) is 0 Å². The Labute approximate surface area is 139 Å². The molecule has 0 unspecified atom stereocenters. The molecule has 0 aromatic heterocycles. The lowest BCUT2D eigenvalue weighted by Crippen LogP contribution is -2.43. The van der Waals surface area contributed by atoms with Crippen LogP contribution in [-0.2, 0) is 0 Å². The second kappa shape index (κ2) is 14.5. The molecule has 0 spiro atoms. The highest BCUT2D eigenvalue weighted by molar-refractivity contribution is 4.58. The van der Waals surface area contributed by atoms with Crippen molar-refractivity contribution in [3.05, 3.63) is 0 Å². The van der Waals surface area contributed by atoms with Gasteiger partial charge in [-0.3, -0.25) is 4.90 Å². The minimum atomic E-state index is -1.67. The Balaban J connectivity index is 3.12. The topological polar surface area (TPSA) is 43.7 Å². The highest BCUT2D eigenvalue weighted by Gasteiger charge is 2.20. The zero-order chi connectivity index (χ0) is 16.7. The Morgan fingerprint density at radius 2 is 0.955 bits per heavy atom. The maximum Gasteiger partial charge on any atom is 0.221 e. The summed E-state index contributed by atoms with van der Waals surface area (Å²) < 4.78 is 0. The lowest BCUT2D eigenvalue weighted by atomic mass is 10.0. The molecule has 0 atom stereocenters. The highest BCUT2D eigenvalue weighted by Crippen LogP contribution is 2.13. The van der Waals surface area contributed by atoms with Crippen LogP contribution < -0.4 is 0 Å². The van der Waals surface area contributed by atoms with Crippen LogP contribution in [0.5, 0.6) is 0 Å². The fourth-order valence-corrected chi connectivity index (χ4v) is 2.76. The van der Waals surface area contributed by atoms with Gasteiger partial charge in [0.05, 0.1) is 0 Å². The first-order chi connectivity index (χ1) is 10.5. The molecule has 0 aliphatic carbocycles. The number of hydrogen-bond acceptors (Lipinski definition) is 3. The molecular formula is C19H41NO2. The second-order valence-electron chi connectivity index (χ2n) is 6.99. The lowest BCUT2D eigenvalue weighted by molar-refractivity contribution is -0.242.